The van der Waals surface area contributed by atoms with Gasteiger partial charge in [0, 0.05) is 0 Å². The first-order valence-electron chi connectivity index (χ1n) is 10.0. The van der Waals surface area contributed by atoms with Crippen molar-refractivity contribution < 1.29 is 22.4 Å². The fourth-order valence-electron chi connectivity index (χ4n) is 1.95. The third kappa shape index (κ3) is 6.68. The van der Waals surface area contributed by atoms with E-state index in [1.807, 2.05) is 0 Å². The van der Waals surface area contributed by atoms with Gasteiger partial charge in [-0.05, 0) is 43.2 Å². The minimum Gasteiger partial charge on any atom is -0.413 e. The average molecular weight is 497 g/mol. The lowest BCUT2D eigenvalue weighted by Gasteiger charge is -2.38. The Labute approximate surface area is 188 Å². The maximum Gasteiger partial charge on any atom is 0.249 e. The Balaban J connectivity index is 3.21. The molecule has 7 nitrogen and oxygen atoms in total. The summed E-state index contributed by atoms with van der Waals surface area (Å²) in [7, 11) is -8.21. The van der Waals surface area contributed by atoms with Crippen LogP contribution in [0.2, 0.25) is 36.3 Å². The summed E-state index contributed by atoms with van der Waals surface area (Å²) in [4.78, 5) is 4.44. The topological polar surface area (TPSA) is 112 Å². The van der Waals surface area contributed by atoms with Crippen molar-refractivity contribution in [1.29, 1.82) is 0 Å². The molecule has 0 bridgehead atoms. The molecule has 0 aliphatic rings. The second kappa shape index (κ2) is 8.66. The maximum absolute atomic E-state index is 12.2. The van der Waals surface area contributed by atoms with E-state index in [1.54, 1.807) is 6.92 Å². The number of hydrogen-bond donors (Lipinski definition) is 2. The summed E-state index contributed by atoms with van der Waals surface area (Å²) in [6.45, 7) is 22.7. The molecule has 0 saturated carbocycles. The monoisotopic (exact) mass is 496 g/mol. The molecule has 0 aliphatic carbocycles. The van der Waals surface area contributed by atoms with Gasteiger partial charge < -0.3 is 14.0 Å². The van der Waals surface area contributed by atoms with Gasteiger partial charge in [0.1, 0.15) is 10.6 Å². The zero-order chi connectivity index (χ0) is 24.0. The standard InChI is InChI=1S/C19H40N2O5S2Si2/c1-17(2,3)29(8,9)25-12-14-15(28(20,23)24)27-16(21-14)19(7,22)13-26-30(10,11)18(4,5)6/h22H,12-13H2,1-11H3,(H2,20,23,24). The Morgan fingerprint density at radius 2 is 1.40 bits per heavy atom. The van der Waals surface area contributed by atoms with E-state index in [-0.39, 0.29) is 38.2 Å². The molecule has 0 spiro atoms. The number of nitrogens with two attached hydrogens (primary N) is 1. The Morgan fingerprint density at radius 3 is 1.80 bits per heavy atom. The molecule has 176 valence electrons. The van der Waals surface area contributed by atoms with Crippen LogP contribution in [0.4, 0.5) is 0 Å². The van der Waals surface area contributed by atoms with Crippen molar-refractivity contribution in [1.82, 2.24) is 4.98 Å². The average Bonchev–Trinajstić information content (AvgIpc) is 2.94. The molecule has 30 heavy (non-hydrogen) atoms. The summed E-state index contributed by atoms with van der Waals surface area (Å²) in [6, 6.07) is 0. The van der Waals surface area contributed by atoms with E-state index in [0.29, 0.717) is 0 Å². The van der Waals surface area contributed by atoms with Crippen molar-refractivity contribution >= 4 is 38.0 Å². The van der Waals surface area contributed by atoms with Gasteiger partial charge in [0.15, 0.2) is 20.8 Å². The van der Waals surface area contributed by atoms with Crippen molar-refractivity contribution in [2.45, 2.75) is 101 Å². The highest BCUT2D eigenvalue weighted by molar-refractivity contribution is 7.91. The van der Waals surface area contributed by atoms with E-state index in [1.165, 1.54) is 0 Å². The number of primary sulfonamides is 1. The second-order valence-electron chi connectivity index (χ2n) is 11.2. The summed E-state index contributed by atoms with van der Waals surface area (Å²) in [5, 5.41) is 16.7. The van der Waals surface area contributed by atoms with Crippen molar-refractivity contribution in [3.05, 3.63) is 10.7 Å². The van der Waals surface area contributed by atoms with E-state index < -0.39 is 32.3 Å². The second-order valence-corrected chi connectivity index (χ2v) is 23.5. The van der Waals surface area contributed by atoms with Crippen molar-refractivity contribution in [3.63, 3.8) is 0 Å². The van der Waals surface area contributed by atoms with Crippen LogP contribution in [0.1, 0.15) is 59.2 Å². The lowest BCUT2D eigenvalue weighted by Crippen LogP contribution is -2.44. The Kier molecular flexibility index (Phi) is 8.05. The van der Waals surface area contributed by atoms with Crippen LogP contribution in [0.15, 0.2) is 4.21 Å². The zero-order valence-corrected chi connectivity index (χ0v) is 24.0. The van der Waals surface area contributed by atoms with Crippen LogP contribution in [-0.2, 0) is 31.1 Å². The molecule has 1 atom stereocenters. The fraction of sp³-hybridized carbons (Fsp3) is 0.842. The summed E-state index contributed by atoms with van der Waals surface area (Å²) in [5.41, 5.74) is -1.19. The van der Waals surface area contributed by atoms with Crippen LogP contribution in [0.25, 0.3) is 0 Å². The van der Waals surface area contributed by atoms with Gasteiger partial charge in [-0.15, -0.1) is 11.3 Å². The van der Waals surface area contributed by atoms with E-state index in [0.717, 1.165) is 11.3 Å². The van der Waals surface area contributed by atoms with Crippen molar-refractivity contribution in [2.24, 2.45) is 5.14 Å². The lowest BCUT2D eigenvalue weighted by molar-refractivity contribution is 0.00224. The normalized spacial score (nSPS) is 16.6. The van der Waals surface area contributed by atoms with Crippen LogP contribution in [0, 0.1) is 0 Å². The number of nitrogens with zero attached hydrogens (tertiary/aromatic N) is 1. The van der Waals surface area contributed by atoms with Crippen LogP contribution >= 0.6 is 11.3 Å². The summed E-state index contributed by atoms with van der Waals surface area (Å²) < 4.78 is 36.6. The summed E-state index contributed by atoms with van der Waals surface area (Å²) >= 11 is 0.886. The third-order valence-electron chi connectivity index (χ3n) is 6.28. The van der Waals surface area contributed by atoms with Gasteiger partial charge in [-0.3, -0.25) is 0 Å². The number of aliphatic hydroxyl groups is 1. The predicted molar refractivity (Wildman–Crippen MR) is 128 cm³/mol. The Morgan fingerprint density at radius 1 is 0.967 bits per heavy atom. The van der Waals surface area contributed by atoms with Crippen LogP contribution in [0.5, 0.6) is 0 Å². The number of aromatic nitrogens is 1. The highest BCUT2D eigenvalue weighted by Crippen LogP contribution is 2.40. The van der Waals surface area contributed by atoms with Gasteiger partial charge in [-0.2, -0.15) is 0 Å². The molecule has 0 fully saturated rings. The van der Waals surface area contributed by atoms with E-state index >= 15 is 0 Å². The maximum atomic E-state index is 12.2. The Hall–Kier alpha value is -0.146. The molecule has 1 heterocycles. The molecule has 1 unspecified atom stereocenters. The zero-order valence-electron chi connectivity index (χ0n) is 20.3. The molecule has 3 N–H and O–H groups in total. The summed E-state index contributed by atoms with van der Waals surface area (Å²) in [6.07, 6.45) is 0. The quantitative estimate of drug-likeness (QED) is 0.511. The van der Waals surface area contributed by atoms with Gasteiger partial charge in [0.25, 0.3) is 0 Å². The predicted octanol–water partition coefficient (Wildman–Crippen LogP) is 4.54. The molecular formula is C19H40N2O5S2Si2. The number of thiazole rings is 1. The van der Waals surface area contributed by atoms with Crippen LogP contribution in [0.3, 0.4) is 0 Å². The van der Waals surface area contributed by atoms with Crippen LogP contribution in [-0.4, -0.2) is 41.7 Å². The molecule has 1 aromatic heterocycles. The molecular weight excluding hydrogens is 457 g/mol. The molecule has 11 heteroatoms. The highest BCUT2D eigenvalue weighted by atomic mass is 32.2. The van der Waals surface area contributed by atoms with E-state index in [4.69, 9.17) is 14.0 Å². The molecule has 1 aromatic rings. The summed E-state index contributed by atoms with van der Waals surface area (Å²) in [5.74, 6) is 0. The Bertz CT molecular complexity index is 851. The molecule has 0 saturated heterocycles. The largest absolute Gasteiger partial charge is 0.413 e. The van der Waals surface area contributed by atoms with Crippen LogP contribution < -0.4 is 5.14 Å². The first-order chi connectivity index (χ1) is 13.0. The van der Waals surface area contributed by atoms with Gasteiger partial charge in [0.05, 0.1) is 18.9 Å². The minimum atomic E-state index is -3.99. The minimum absolute atomic E-state index is 0.0140. The van der Waals surface area contributed by atoms with Gasteiger partial charge in [-0.25, -0.2) is 18.5 Å². The van der Waals surface area contributed by atoms with Crippen molar-refractivity contribution in [3.8, 4) is 0 Å². The molecule has 0 amide bonds. The first kappa shape index (κ1) is 27.9. The lowest BCUT2D eigenvalue weighted by atomic mass is 10.1. The molecule has 0 aromatic carbocycles. The third-order valence-corrected chi connectivity index (χ3v) is 18.1. The smallest absolute Gasteiger partial charge is 0.249 e. The molecule has 0 radical (unpaired) electrons. The first-order valence-corrected chi connectivity index (χ1v) is 18.2. The van der Waals surface area contributed by atoms with E-state index in [9.17, 15) is 13.5 Å². The van der Waals surface area contributed by atoms with Crippen molar-refractivity contribution in [2.75, 3.05) is 6.61 Å². The van der Waals surface area contributed by atoms with Gasteiger partial charge >= 0.3 is 0 Å². The van der Waals surface area contributed by atoms with Gasteiger partial charge in [-0.1, -0.05) is 41.5 Å². The van der Waals surface area contributed by atoms with Gasteiger partial charge in [0.2, 0.25) is 10.0 Å². The molecule has 1 rings (SSSR count). The number of sulfonamides is 1. The SMILES string of the molecule is CC(O)(CO[Si](C)(C)C(C)(C)C)c1nc(CO[Si](C)(C)C(C)(C)C)c(S(N)(=O)=O)s1. The number of rotatable bonds is 8. The number of hydrogen-bond acceptors (Lipinski definition) is 7. The molecule has 0 aliphatic heterocycles. The highest BCUT2D eigenvalue weighted by Gasteiger charge is 2.41. The van der Waals surface area contributed by atoms with E-state index in [2.05, 4.69) is 72.7 Å². The fourth-order valence-corrected chi connectivity index (χ4v) is 5.92.